The van der Waals surface area contributed by atoms with Crippen molar-refractivity contribution >= 4 is 23.5 Å². The van der Waals surface area contributed by atoms with Crippen molar-refractivity contribution < 1.29 is 28.8 Å². The minimum absolute atomic E-state index is 0.447. The van der Waals surface area contributed by atoms with E-state index in [1.807, 2.05) is 5.32 Å². The van der Waals surface area contributed by atoms with Crippen LogP contribution < -0.4 is 11.1 Å². The molecule has 2 amide bonds. The molecule has 10 heteroatoms. The van der Waals surface area contributed by atoms with Crippen LogP contribution in [0.15, 0.2) is 18.2 Å². The molecule has 1 atom stereocenters. The molecule has 4 N–H and O–H groups in total. The molecule has 0 heterocycles. The first-order valence-corrected chi connectivity index (χ1v) is 5.47. The Morgan fingerprint density at radius 1 is 1.38 bits per heavy atom. The highest BCUT2D eigenvalue weighted by atomic mass is 19.1. The lowest BCUT2D eigenvalue weighted by molar-refractivity contribution is -0.385. The number of nitro groups is 1. The summed E-state index contributed by atoms with van der Waals surface area (Å²) in [6.07, 6.45) is -0.668. The fourth-order valence-corrected chi connectivity index (χ4v) is 1.45. The van der Waals surface area contributed by atoms with Gasteiger partial charge in [0, 0.05) is 11.6 Å². The number of aliphatic carboxylic acids is 1. The molecule has 0 aromatic heterocycles. The molecule has 112 valence electrons. The Balaban J connectivity index is 2.99. The van der Waals surface area contributed by atoms with Gasteiger partial charge in [-0.25, -0.2) is 9.18 Å². The Labute approximate surface area is 116 Å². The van der Waals surface area contributed by atoms with E-state index in [2.05, 4.69) is 0 Å². The summed E-state index contributed by atoms with van der Waals surface area (Å²) < 4.78 is 13.2. The Hall–Kier alpha value is -3.04. The zero-order chi connectivity index (χ0) is 16.2. The number of nitrogens with one attached hydrogen (secondary N) is 1. The molecule has 0 aliphatic heterocycles. The molecule has 0 saturated heterocycles. The van der Waals surface area contributed by atoms with Crippen molar-refractivity contribution in [1.29, 1.82) is 0 Å². The number of amides is 2. The third-order valence-corrected chi connectivity index (χ3v) is 2.36. The number of benzene rings is 1. The quantitative estimate of drug-likeness (QED) is 0.488. The summed E-state index contributed by atoms with van der Waals surface area (Å²) in [6.45, 7) is 0. The van der Waals surface area contributed by atoms with Gasteiger partial charge in [-0.3, -0.25) is 19.7 Å². The predicted molar refractivity (Wildman–Crippen MR) is 65.8 cm³/mol. The Morgan fingerprint density at radius 2 is 2.00 bits per heavy atom. The Kier molecular flexibility index (Phi) is 4.89. The number of nitrogens with zero attached hydrogens (tertiary/aromatic N) is 1. The maximum absolute atomic E-state index is 13.2. The van der Waals surface area contributed by atoms with Crippen LogP contribution in [0.2, 0.25) is 0 Å². The summed E-state index contributed by atoms with van der Waals surface area (Å²) in [5, 5.41) is 21.3. The normalized spacial score (nSPS) is 11.5. The number of nitrogens with two attached hydrogens (primary N) is 1. The second-order valence-electron chi connectivity index (χ2n) is 3.99. The second-order valence-corrected chi connectivity index (χ2v) is 3.99. The number of rotatable bonds is 6. The third kappa shape index (κ3) is 4.53. The van der Waals surface area contributed by atoms with Crippen molar-refractivity contribution in [3.05, 3.63) is 39.7 Å². The van der Waals surface area contributed by atoms with Crippen LogP contribution in [-0.4, -0.2) is 33.9 Å². The maximum Gasteiger partial charge on any atom is 0.326 e. The first-order chi connectivity index (χ1) is 9.70. The molecule has 0 aliphatic carbocycles. The van der Waals surface area contributed by atoms with Gasteiger partial charge in [-0.1, -0.05) is 0 Å². The van der Waals surface area contributed by atoms with E-state index < -0.39 is 52.2 Å². The van der Waals surface area contributed by atoms with E-state index in [4.69, 9.17) is 10.8 Å². The van der Waals surface area contributed by atoms with E-state index in [0.717, 1.165) is 6.07 Å². The second kappa shape index (κ2) is 6.41. The molecule has 0 bridgehead atoms. The van der Waals surface area contributed by atoms with E-state index in [9.17, 15) is 28.9 Å². The standard InChI is InChI=1S/C11H10FN3O6/c12-6-1-5(2-7(3-6)15(20)21)10(17)14-8(11(18)19)4-9(13)16/h1-3,8H,4H2,(H2,13,16)(H,14,17)(H,18,19)/t8-/m0/s1. The van der Waals surface area contributed by atoms with Crippen LogP contribution in [0.5, 0.6) is 0 Å². The Bertz CT molecular complexity index is 618. The fraction of sp³-hybridized carbons (Fsp3) is 0.182. The van der Waals surface area contributed by atoms with Crippen LogP contribution >= 0.6 is 0 Å². The van der Waals surface area contributed by atoms with Gasteiger partial charge in [-0.05, 0) is 6.07 Å². The lowest BCUT2D eigenvalue weighted by atomic mass is 10.1. The van der Waals surface area contributed by atoms with Gasteiger partial charge in [0.15, 0.2) is 0 Å². The molecule has 21 heavy (non-hydrogen) atoms. The van der Waals surface area contributed by atoms with Crippen LogP contribution in [0, 0.1) is 15.9 Å². The number of carboxylic acid groups (broad SMARTS) is 1. The molecule has 1 aromatic carbocycles. The van der Waals surface area contributed by atoms with E-state index in [0.29, 0.717) is 12.1 Å². The number of carbonyl (C=O) groups excluding carboxylic acids is 2. The highest BCUT2D eigenvalue weighted by Gasteiger charge is 2.24. The molecule has 1 rings (SSSR count). The van der Waals surface area contributed by atoms with Crippen LogP contribution in [0.1, 0.15) is 16.8 Å². The van der Waals surface area contributed by atoms with Gasteiger partial charge < -0.3 is 16.2 Å². The molecule has 0 unspecified atom stereocenters. The lowest BCUT2D eigenvalue weighted by Crippen LogP contribution is -2.43. The SMILES string of the molecule is NC(=O)C[C@H](NC(=O)c1cc(F)cc([N+](=O)[O-])c1)C(=O)O. The number of nitro benzene ring substituents is 1. The van der Waals surface area contributed by atoms with Crippen molar-refractivity contribution in [3.63, 3.8) is 0 Å². The number of carboxylic acids is 1. The number of halogens is 1. The van der Waals surface area contributed by atoms with Crippen LogP contribution in [0.4, 0.5) is 10.1 Å². The van der Waals surface area contributed by atoms with Crippen molar-refractivity contribution in [3.8, 4) is 0 Å². The molecule has 1 aromatic rings. The molecular weight excluding hydrogens is 289 g/mol. The van der Waals surface area contributed by atoms with E-state index in [1.54, 1.807) is 0 Å². The van der Waals surface area contributed by atoms with Gasteiger partial charge >= 0.3 is 5.97 Å². The van der Waals surface area contributed by atoms with Gasteiger partial charge in [-0.2, -0.15) is 0 Å². The van der Waals surface area contributed by atoms with E-state index in [-0.39, 0.29) is 0 Å². The highest BCUT2D eigenvalue weighted by molar-refractivity contribution is 5.98. The summed E-state index contributed by atoms with van der Waals surface area (Å²) in [4.78, 5) is 42.9. The lowest BCUT2D eigenvalue weighted by Gasteiger charge is -2.12. The maximum atomic E-state index is 13.2. The average molecular weight is 299 g/mol. The molecule has 0 fully saturated rings. The predicted octanol–water partition coefficient (Wildman–Crippen LogP) is -0.208. The van der Waals surface area contributed by atoms with Crippen molar-refractivity contribution in [2.45, 2.75) is 12.5 Å². The van der Waals surface area contributed by atoms with Crippen LogP contribution in [0.3, 0.4) is 0 Å². The molecule has 0 saturated carbocycles. The number of carbonyl (C=O) groups is 3. The summed E-state index contributed by atoms with van der Waals surface area (Å²) in [7, 11) is 0. The third-order valence-electron chi connectivity index (χ3n) is 2.36. The Morgan fingerprint density at radius 3 is 2.48 bits per heavy atom. The monoisotopic (exact) mass is 299 g/mol. The number of hydrogen-bond acceptors (Lipinski definition) is 5. The van der Waals surface area contributed by atoms with E-state index >= 15 is 0 Å². The molecule has 0 aliphatic rings. The smallest absolute Gasteiger partial charge is 0.326 e. The molecular formula is C11H10FN3O6. The minimum Gasteiger partial charge on any atom is -0.480 e. The number of primary amides is 1. The fourth-order valence-electron chi connectivity index (χ4n) is 1.45. The van der Waals surface area contributed by atoms with E-state index in [1.165, 1.54) is 0 Å². The van der Waals surface area contributed by atoms with Gasteiger partial charge in [0.1, 0.15) is 11.9 Å². The largest absolute Gasteiger partial charge is 0.480 e. The topological polar surface area (TPSA) is 153 Å². The van der Waals surface area contributed by atoms with Gasteiger partial charge in [0.25, 0.3) is 11.6 Å². The highest BCUT2D eigenvalue weighted by Crippen LogP contribution is 2.16. The molecule has 9 nitrogen and oxygen atoms in total. The summed E-state index contributed by atoms with van der Waals surface area (Å²) in [5.74, 6) is -4.59. The van der Waals surface area contributed by atoms with Crippen molar-refractivity contribution in [2.24, 2.45) is 5.73 Å². The molecule has 0 radical (unpaired) electrons. The first-order valence-electron chi connectivity index (χ1n) is 5.47. The van der Waals surface area contributed by atoms with Gasteiger partial charge in [-0.15, -0.1) is 0 Å². The number of hydrogen-bond donors (Lipinski definition) is 3. The first kappa shape index (κ1) is 16.0. The van der Waals surface area contributed by atoms with Gasteiger partial charge in [0.2, 0.25) is 5.91 Å². The van der Waals surface area contributed by atoms with Crippen molar-refractivity contribution in [2.75, 3.05) is 0 Å². The average Bonchev–Trinajstić information content (AvgIpc) is 2.36. The minimum atomic E-state index is -1.61. The number of non-ortho nitro benzene ring substituents is 1. The summed E-state index contributed by atoms with van der Waals surface area (Å²) in [6, 6.07) is 0.472. The summed E-state index contributed by atoms with van der Waals surface area (Å²) in [5.41, 5.74) is 3.72. The zero-order valence-corrected chi connectivity index (χ0v) is 10.4. The van der Waals surface area contributed by atoms with Crippen molar-refractivity contribution in [1.82, 2.24) is 5.32 Å². The van der Waals surface area contributed by atoms with Gasteiger partial charge in [0.05, 0.1) is 17.4 Å². The van der Waals surface area contributed by atoms with Crippen LogP contribution in [0.25, 0.3) is 0 Å². The van der Waals surface area contributed by atoms with Crippen LogP contribution in [-0.2, 0) is 9.59 Å². The summed E-state index contributed by atoms with van der Waals surface area (Å²) >= 11 is 0. The molecule has 0 spiro atoms. The zero-order valence-electron chi connectivity index (χ0n) is 10.4.